The normalized spacial score (nSPS) is 19.5. The number of hydrogen-bond acceptors (Lipinski definition) is 6. The van der Waals surface area contributed by atoms with Crippen LogP contribution in [0.4, 0.5) is 10.1 Å². The smallest absolute Gasteiger partial charge is 0.364 e. The fourth-order valence-electron chi connectivity index (χ4n) is 4.40. The van der Waals surface area contributed by atoms with Crippen LogP contribution in [0.3, 0.4) is 0 Å². The van der Waals surface area contributed by atoms with Gasteiger partial charge in [0.15, 0.2) is 17.3 Å². The van der Waals surface area contributed by atoms with Crippen LogP contribution in [0.2, 0.25) is 0 Å². The van der Waals surface area contributed by atoms with Gasteiger partial charge in [-0.15, -0.1) is 4.40 Å². The minimum absolute atomic E-state index is 0.0932. The van der Waals surface area contributed by atoms with Crippen LogP contribution in [0.25, 0.3) is 11.8 Å². The van der Waals surface area contributed by atoms with Gasteiger partial charge in [-0.2, -0.15) is 12.8 Å². The van der Waals surface area contributed by atoms with Gasteiger partial charge >= 0.3 is 10.2 Å². The number of imidazole rings is 1. The first-order chi connectivity index (χ1) is 16.4. The molecule has 0 unspecified atom stereocenters. The van der Waals surface area contributed by atoms with Gasteiger partial charge in [0.1, 0.15) is 5.82 Å². The van der Waals surface area contributed by atoms with E-state index >= 15 is 0 Å². The van der Waals surface area contributed by atoms with Gasteiger partial charge in [-0.25, -0.2) is 9.37 Å². The summed E-state index contributed by atoms with van der Waals surface area (Å²) in [6, 6.07) is 9.14. The summed E-state index contributed by atoms with van der Waals surface area (Å²) in [6.45, 7) is 2.48. The molecule has 1 fully saturated rings. The molecule has 174 valence electrons. The van der Waals surface area contributed by atoms with E-state index in [1.165, 1.54) is 24.3 Å². The lowest BCUT2D eigenvalue weighted by atomic mass is 10.0. The lowest BCUT2D eigenvalue weighted by molar-refractivity contribution is 0.173. The molecule has 0 atom stereocenters. The van der Waals surface area contributed by atoms with Crippen LogP contribution in [0.5, 0.6) is 11.5 Å². The van der Waals surface area contributed by atoms with Crippen molar-refractivity contribution in [1.29, 1.82) is 0 Å². The number of halogens is 1. The van der Waals surface area contributed by atoms with E-state index < -0.39 is 16.0 Å². The number of hydrazine groups is 1. The van der Waals surface area contributed by atoms with Crippen LogP contribution in [-0.2, 0) is 10.2 Å². The lowest BCUT2D eigenvalue weighted by Gasteiger charge is -2.33. The Morgan fingerprint density at radius 1 is 1.09 bits per heavy atom. The van der Waals surface area contributed by atoms with E-state index in [9.17, 15) is 12.8 Å². The van der Waals surface area contributed by atoms with Crippen molar-refractivity contribution in [2.75, 3.05) is 17.8 Å². The summed E-state index contributed by atoms with van der Waals surface area (Å²) in [4.78, 5) is 4.27. The predicted molar refractivity (Wildman–Crippen MR) is 124 cm³/mol. The van der Waals surface area contributed by atoms with Gasteiger partial charge in [0.25, 0.3) is 0 Å². The highest BCUT2D eigenvalue weighted by Gasteiger charge is 2.41. The van der Waals surface area contributed by atoms with Crippen LogP contribution in [0.1, 0.15) is 24.1 Å². The molecule has 0 N–H and O–H groups in total. The van der Waals surface area contributed by atoms with Crippen LogP contribution >= 0.6 is 0 Å². The van der Waals surface area contributed by atoms with Crippen LogP contribution in [0.15, 0.2) is 58.9 Å². The Hall–Kier alpha value is -3.86. The molecule has 2 aromatic carbocycles. The Kier molecular flexibility index (Phi) is 4.63. The standard InChI is InChI=1S/C23H20FN5O4S/c1-15-12-27(13-25-15)20-9-4-16(21-22(20)33-14-32-21)11-17-3-2-10-28-23(17)26-34(30,31)29(28)19-7-5-18(24)6-8-19/h4-9,11-13H,2-3,10,14H2,1H3. The molecule has 0 aliphatic carbocycles. The number of aromatic nitrogens is 2. The van der Waals surface area contributed by atoms with Crippen molar-refractivity contribution in [2.24, 2.45) is 4.40 Å². The molecule has 4 heterocycles. The monoisotopic (exact) mass is 481 g/mol. The van der Waals surface area contributed by atoms with Crippen molar-refractivity contribution in [2.45, 2.75) is 19.8 Å². The second-order valence-corrected chi connectivity index (χ2v) is 9.59. The second kappa shape index (κ2) is 7.59. The van der Waals surface area contributed by atoms with E-state index in [1.807, 2.05) is 35.9 Å². The van der Waals surface area contributed by atoms with Gasteiger partial charge < -0.3 is 14.0 Å². The Labute approximate surface area is 195 Å². The zero-order valence-corrected chi connectivity index (χ0v) is 19.0. The van der Waals surface area contributed by atoms with E-state index in [0.717, 1.165) is 33.4 Å². The van der Waals surface area contributed by atoms with Crippen LogP contribution in [0, 0.1) is 12.7 Å². The van der Waals surface area contributed by atoms with Crippen LogP contribution < -0.4 is 13.9 Å². The minimum Gasteiger partial charge on any atom is -0.453 e. The van der Waals surface area contributed by atoms with Crippen molar-refractivity contribution in [3.05, 3.63) is 71.6 Å². The molecule has 1 saturated heterocycles. The summed E-state index contributed by atoms with van der Waals surface area (Å²) in [5, 5.41) is 1.62. The third kappa shape index (κ3) is 3.31. The average molecular weight is 482 g/mol. The topological polar surface area (TPSA) is 89.3 Å². The molecule has 0 radical (unpaired) electrons. The maximum absolute atomic E-state index is 13.4. The summed E-state index contributed by atoms with van der Waals surface area (Å²) < 4.78 is 57.8. The number of rotatable bonds is 3. The molecule has 1 aromatic heterocycles. The first kappa shape index (κ1) is 20.7. The van der Waals surface area contributed by atoms with E-state index in [0.29, 0.717) is 36.0 Å². The molecule has 6 rings (SSSR count). The molecule has 0 bridgehead atoms. The second-order valence-electron chi connectivity index (χ2n) is 8.17. The number of benzene rings is 2. The summed E-state index contributed by atoms with van der Waals surface area (Å²) in [5.41, 5.74) is 3.56. The van der Waals surface area contributed by atoms with E-state index in [1.54, 1.807) is 11.3 Å². The molecule has 0 saturated carbocycles. The van der Waals surface area contributed by atoms with Crippen molar-refractivity contribution in [3.8, 4) is 17.2 Å². The number of ether oxygens (including phenoxy) is 2. The zero-order chi connectivity index (χ0) is 23.4. The SMILES string of the molecule is Cc1cn(-c2ccc(C=C3CCCN4C3=NS(=O)(=O)N4c3ccc(F)cc3)c3c2OCO3)cn1. The van der Waals surface area contributed by atoms with Crippen LogP contribution in [-0.4, -0.2) is 42.2 Å². The number of fused-ring (bicyclic) bond motifs is 2. The molecule has 3 aliphatic rings. The van der Waals surface area contributed by atoms with E-state index in [4.69, 9.17) is 9.47 Å². The molecule has 3 aromatic rings. The van der Waals surface area contributed by atoms with Crippen molar-refractivity contribution in [1.82, 2.24) is 14.6 Å². The minimum atomic E-state index is -3.99. The summed E-state index contributed by atoms with van der Waals surface area (Å²) in [7, 11) is -3.99. The largest absolute Gasteiger partial charge is 0.453 e. The molecule has 34 heavy (non-hydrogen) atoms. The predicted octanol–water partition coefficient (Wildman–Crippen LogP) is 3.61. The molecule has 3 aliphatic heterocycles. The number of aryl methyl sites for hydroxylation is 1. The van der Waals surface area contributed by atoms with Gasteiger partial charge in [0.05, 0.1) is 23.4 Å². The highest BCUT2D eigenvalue weighted by molar-refractivity contribution is 7.92. The molecule has 9 nitrogen and oxygen atoms in total. The molecular formula is C23H20FN5O4S. The van der Waals surface area contributed by atoms with Crippen molar-refractivity contribution >= 4 is 27.8 Å². The molecular weight excluding hydrogens is 461 g/mol. The van der Waals surface area contributed by atoms with Gasteiger partial charge in [0.2, 0.25) is 6.79 Å². The van der Waals surface area contributed by atoms with Crippen molar-refractivity contribution < 1.29 is 22.3 Å². The summed E-state index contributed by atoms with van der Waals surface area (Å²) in [6.07, 6.45) is 6.89. The van der Waals surface area contributed by atoms with E-state index in [2.05, 4.69) is 9.38 Å². The van der Waals surface area contributed by atoms with Gasteiger partial charge in [-0.05, 0) is 67.8 Å². The number of hydrogen-bond donors (Lipinski definition) is 0. The zero-order valence-electron chi connectivity index (χ0n) is 18.2. The molecule has 0 spiro atoms. The fraction of sp³-hybridized carbons (Fsp3) is 0.217. The van der Waals surface area contributed by atoms with E-state index in [-0.39, 0.29) is 6.79 Å². The Morgan fingerprint density at radius 3 is 2.65 bits per heavy atom. The summed E-state index contributed by atoms with van der Waals surface area (Å²) >= 11 is 0. The number of anilines is 1. The van der Waals surface area contributed by atoms with Gasteiger partial charge in [-0.3, -0.25) is 5.01 Å². The quantitative estimate of drug-likeness (QED) is 0.568. The maximum Gasteiger partial charge on any atom is 0.364 e. The maximum atomic E-state index is 13.4. The molecule has 0 amide bonds. The van der Waals surface area contributed by atoms with Crippen molar-refractivity contribution in [3.63, 3.8) is 0 Å². The number of piperidine rings is 1. The third-order valence-corrected chi connectivity index (χ3v) is 7.13. The van der Waals surface area contributed by atoms with Gasteiger partial charge in [-0.1, -0.05) is 0 Å². The average Bonchev–Trinajstić information content (AvgIpc) is 3.52. The number of nitrogens with zero attached hydrogens (tertiary/aromatic N) is 5. The fourth-order valence-corrected chi connectivity index (χ4v) is 5.70. The lowest BCUT2D eigenvalue weighted by Crippen LogP contribution is -2.46. The first-order valence-electron chi connectivity index (χ1n) is 10.7. The molecule has 11 heteroatoms. The first-order valence-corrected chi connectivity index (χ1v) is 12.1. The Bertz CT molecular complexity index is 1460. The Morgan fingerprint density at radius 2 is 1.88 bits per heavy atom. The summed E-state index contributed by atoms with van der Waals surface area (Å²) in [5.74, 6) is 1.11. The highest BCUT2D eigenvalue weighted by Crippen LogP contribution is 2.43. The third-order valence-electron chi connectivity index (χ3n) is 5.88. The Balaban J connectivity index is 1.39. The number of amidine groups is 1. The van der Waals surface area contributed by atoms with Gasteiger partial charge in [0, 0.05) is 18.3 Å². The highest BCUT2D eigenvalue weighted by atomic mass is 32.2.